The van der Waals surface area contributed by atoms with Crippen molar-refractivity contribution in [3.63, 3.8) is 0 Å². The van der Waals surface area contributed by atoms with Gasteiger partial charge in [0.15, 0.2) is 0 Å². The van der Waals surface area contributed by atoms with Crippen LogP contribution in [0.1, 0.15) is 22.3 Å². The number of anilines is 3. The Morgan fingerprint density at radius 2 is 0.760 bits per heavy atom. The van der Waals surface area contributed by atoms with E-state index in [4.69, 9.17) is 0 Å². The van der Waals surface area contributed by atoms with Gasteiger partial charge in [-0.1, -0.05) is 249 Å². The summed E-state index contributed by atoms with van der Waals surface area (Å²) in [5.41, 5.74) is 23.4. The Morgan fingerprint density at radius 3 is 1.45 bits per heavy atom. The molecule has 352 valence electrons. The van der Waals surface area contributed by atoms with Gasteiger partial charge in [0.05, 0.1) is 22.1 Å². The fraction of sp³-hybridized carbons (Fsp3) is 0.0137. The van der Waals surface area contributed by atoms with Crippen LogP contribution in [-0.2, 0) is 5.41 Å². The van der Waals surface area contributed by atoms with Gasteiger partial charge in [0.2, 0.25) is 0 Å². The van der Waals surface area contributed by atoms with E-state index in [2.05, 4.69) is 313 Å². The lowest BCUT2D eigenvalue weighted by Crippen LogP contribution is -2.28. The Balaban J connectivity index is 0.866. The molecule has 0 unspecified atom stereocenters. The van der Waals surface area contributed by atoms with Gasteiger partial charge in [-0.25, -0.2) is 0 Å². The van der Waals surface area contributed by atoms with E-state index in [1.54, 1.807) is 0 Å². The van der Waals surface area contributed by atoms with Gasteiger partial charge in [-0.2, -0.15) is 0 Å². The Kier molecular flexibility index (Phi) is 10.8. The minimum atomic E-state index is -0.491. The van der Waals surface area contributed by atoms with Crippen molar-refractivity contribution in [3.05, 3.63) is 326 Å². The average Bonchev–Trinajstić information content (AvgIpc) is 3.99. The molecule has 0 saturated carbocycles. The minimum Gasteiger partial charge on any atom is -0.310 e. The number of rotatable bonds is 10. The highest BCUT2D eigenvalue weighted by Gasteiger charge is 2.47. The third-order valence-corrected chi connectivity index (χ3v) is 15.5. The van der Waals surface area contributed by atoms with Crippen LogP contribution in [-0.4, -0.2) is 4.57 Å². The highest BCUT2D eigenvalue weighted by molar-refractivity contribution is 6.11. The van der Waals surface area contributed by atoms with E-state index >= 15 is 0 Å². The summed E-state index contributed by atoms with van der Waals surface area (Å²) in [5, 5.41) is 2.47. The van der Waals surface area contributed by atoms with Crippen molar-refractivity contribution in [2.24, 2.45) is 0 Å². The van der Waals surface area contributed by atoms with E-state index < -0.39 is 5.41 Å². The van der Waals surface area contributed by atoms with Crippen LogP contribution in [0.5, 0.6) is 0 Å². The first kappa shape index (κ1) is 44.0. The SMILES string of the molecule is c1ccc(-c2ccc(N(c3ccccc3)c3cccc(-c4ccc(-c5ccc6c7ccccc7n(-c7cccc8c7-c7ccccc7C8(c7ccccc7)c7ccccc7)c6c5)cc4)c3)cc2-c2ccccc2)cc1. The molecule has 14 rings (SSSR count). The molecule has 12 aromatic carbocycles. The predicted octanol–water partition coefficient (Wildman–Crippen LogP) is 19.3. The lowest BCUT2D eigenvalue weighted by molar-refractivity contribution is 0.768. The molecular formula is C73H50N2. The minimum absolute atomic E-state index is 0.491. The lowest BCUT2D eigenvalue weighted by atomic mass is 9.68. The number of para-hydroxylation sites is 2. The fourth-order valence-electron chi connectivity index (χ4n) is 12.2. The van der Waals surface area contributed by atoms with Gasteiger partial charge >= 0.3 is 0 Å². The van der Waals surface area contributed by atoms with Crippen molar-refractivity contribution >= 4 is 38.9 Å². The lowest BCUT2D eigenvalue weighted by Gasteiger charge is -2.34. The standard InChI is InChI=1S/C73H50N2/c1-6-22-53(23-7-1)62-47-45-61(50-66(62)54-24-8-2-9-25-54)74(59-31-14-5-15-32-59)60-33-20-26-55(48-60)51-40-42-52(43-41-51)56-44-46-64-63-34-17-19-38-69(63)75(71(64)49-56)70-39-21-37-68-72(70)65-35-16-18-36-67(65)73(68,57-27-10-3-11-28-57)58-29-12-4-13-30-58/h1-50H. The van der Waals surface area contributed by atoms with Crippen molar-refractivity contribution in [1.82, 2.24) is 4.57 Å². The van der Waals surface area contributed by atoms with E-state index in [0.29, 0.717) is 0 Å². The van der Waals surface area contributed by atoms with E-state index in [-0.39, 0.29) is 0 Å². The van der Waals surface area contributed by atoms with Crippen LogP contribution in [0.2, 0.25) is 0 Å². The first-order valence-corrected chi connectivity index (χ1v) is 25.9. The van der Waals surface area contributed by atoms with E-state index in [1.807, 2.05) is 0 Å². The monoisotopic (exact) mass is 954 g/mol. The molecule has 0 N–H and O–H groups in total. The summed E-state index contributed by atoms with van der Waals surface area (Å²) < 4.78 is 2.52. The van der Waals surface area contributed by atoms with Crippen LogP contribution < -0.4 is 4.90 Å². The maximum Gasteiger partial charge on any atom is 0.0714 e. The van der Waals surface area contributed by atoms with Gasteiger partial charge in [-0.3, -0.25) is 0 Å². The van der Waals surface area contributed by atoms with E-state index in [9.17, 15) is 0 Å². The third kappa shape index (κ3) is 7.33. The van der Waals surface area contributed by atoms with Crippen LogP contribution in [0.4, 0.5) is 17.1 Å². The molecule has 0 spiro atoms. The second kappa shape index (κ2) is 18.4. The van der Waals surface area contributed by atoms with Crippen LogP contribution in [0.15, 0.2) is 303 Å². The maximum absolute atomic E-state index is 2.52. The average molecular weight is 955 g/mol. The first-order valence-electron chi connectivity index (χ1n) is 25.9. The number of fused-ring (bicyclic) bond motifs is 6. The highest BCUT2D eigenvalue weighted by atomic mass is 15.1. The van der Waals surface area contributed by atoms with E-state index in [1.165, 1.54) is 94.3 Å². The molecule has 1 aliphatic carbocycles. The summed E-state index contributed by atoms with van der Waals surface area (Å²) in [6.45, 7) is 0. The van der Waals surface area contributed by atoms with Gasteiger partial charge < -0.3 is 9.47 Å². The molecule has 13 aromatic rings. The second-order valence-electron chi connectivity index (χ2n) is 19.6. The van der Waals surface area contributed by atoms with Crippen LogP contribution >= 0.6 is 0 Å². The second-order valence-corrected chi connectivity index (χ2v) is 19.6. The molecule has 0 amide bonds. The molecule has 0 aliphatic heterocycles. The summed E-state index contributed by atoms with van der Waals surface area (Å²) in [4.78, 5) is 2.37. The third-order valence-electron chi connectivity index (χ3n) is 15.5. The largest absolute Gasteiger partial charge is 0.310 e. The molecule has 0 saturated heterocycles. The fourth-order valence-corrected chi connectivity index (χ4v) is 12.2. The number of aromatic nitrogens is 1. The maximum atomic E-state index is 2.52. The number of nitrogens with zero attached hydrogens (tertiary/aromatic N) is 2. The van der Waals surface area contributed by atoms with E-state index in [0.717, 1.165) is 28.2 Å². The Labute approximate surface area is 438 Å². The van der Waals surface area contributed by atoms with Crippen LogP contribution in [0.3, 0.4) is 0 Å². The molecule has 75 heavy (non-hydrogen) atoms. The molecule has 0 radical (unpaired) electrons. The Morgan fingerprint density at radius 1 is 0.267 bits per heavy atom. The summed E-state index contributed by atoms with van der Waals surface area (Å²) in [5.74, 6) is 0. The summed E-state index contributed by atoms with van der Waals surface area (Å²) in [6, 6.07) is 111. The van der Waals surface area contributed by atoms with Crippen LogP contribution in [0, 0.1) is 0 Å². The smallest absolute Gasteiger partial charge is 0.0714 e. The zero-order chi connectivity index (χ0) is 49.7. The zero-order valence-electron chi connectivity index (χ0n) is 41.3. The quantitative estimate of drug-likeness (QED) is 0.133. The first-order chi connectivity index (χ1) is 37.2. The van der Waals surface area contributed by atoms with Gasteiger partial charge in [0.1, 0.15) is 0 Å². The molecule has 1 aromatic heterocycles. The van der Waals surface area contributed by atoms with Gasteiger partial charge in [-0.05, 0) is 127 Å². The number of hydrogen-bond acceptors (Lipinski definition) is 1. The number of hydrogen-bond donors (Lipinski definition) is 0. The van der Waals surface area contributed by atoms with Crippen molar-refractivity contribution in [1.29, 1.82) is 0 Å². The summed E-state index contributed by atoms with van der Waals surface area (Å²) >= 11 is 0. The van der Waals surface area contributed by atoms with Crippen LogP contribution in [0.25, 0.3) is 83.1 Å². The molecule has 0 atom stereocenters. The molecule has 2 nitrogen and oxygen atoms in total. The Bertz CT molecular complexity index is 4160. The normalized spacial score (nSPS) is 12.4. The van der Waals surface area contributed by atoms with Crippen molar-refractivity contribution in [2.45, 2.75) is 5.41 Å². The van der Waals surface area contributed by atoms with Crippen molar-refractivity contribution < 1.29 is 0 Å². The molecule has 2 heteroatoms. The molecule has 1 aliphatic rings. The van der Waals surface area contributed by atoms with Gasteiger partial charge in [0, 0.05) is 33.4 Å². The molecular weight excluding hydrogens is 905 g/mol. The molecule has 0 fully saturated rings. The van der Waals surface area contributed by atoms with Gasteiger partial charge in [-0.15, -0.1) is 0 Å². The van der Waals surface area contributed by atoms with Crippen molar-refractivity contribution in [3.8, 4) is 61.3 Å². The molecule has 0 bridgehead atoms. The summed E-state index contributed by atoms with van der Waals surface area (Å²) in [6.07, 6.45) is 0. The summed E-state index contributed by atoms with van der Waals surface area (Å²) in [7, 11) is 0. The van der Waals surface area contributed by atoms with Gasteiger partial charge in [0.25, 0.3) is 0 Å². The molecule has 1 heterocycles. The Hall–Kier alpha value is -9.76. The number of benzene rings is 12. The zero-order valence-corrected chi connectivity index (χ0v) is 41.3. The highest BCUT2D eigenvalue weighted by Crippen LogP contribution is 2.58. The predicted molar refractivity (Wildman–Crippen MR) is 315 cm³/mol. The topological polar surface area (TPSA) is 8.17 Å². The van der Waals surface area contributed by atoms with Crippen molar-refractivity contribution in [2.75, 3.05) is 4.90 Å².